The van der Waals surface area contributed by atoms with Gasteiger partial charge in [-0.15, -0.1) is 0 Å². The van der Waals surface area contributed by atoms with Crippen LogP contribution in [0.3, 0.4) is 0 Å². The molecule has 1 amide bonds. The number of hydrogen-bond donors (Lipinski definition) is 1. The van der Waals surface area contributed by atoms with Crippen molar-refractivity contribution in [3.63, 3.8) is 0 Å². The van der Waals surface area contributed by atoms with Crippen molar-refractivity contribution in [2.24, 2.45) is 23.5 Å². The van der Waals surface area contributed by atoms with E-state index in [2.05, 4.69) is 4.90 Å². The largest absolute Gasteiger partial charge is 0.465 e. The summed E-state index contributed by atoms with van der Waals surface area (Å²) in [5.41, 5.74) is 7.97. The Morgan fingerprint density at radius 2 is 1.69 bits per heavy atom. The Balaban J connectivity index is 1.35. The Labute approximate surface area is 154 Å². The molecule has 2 N–H and O–H groups in total. The molecule has 2 aliphatic carbocycles. The molecule has 4 rings (SSSR count). The maximum absolute atomic E-state index is 13.0. The fourth-order valence-corrected chi connectivity index (χ4v) is 5.02. The minimum atomic E-state index is -0.325. The van der Waals surface area contributed by atoms with E-state index >= 15 is 0 Å². The van der Waals surface area contributed by atoms with Crippen LogP contribution < -0.4 is 10.6 Å². The van der Waals surface area contributed by atoms with Gasteiger partial charge in [-0.05, 0) is 55.4 Å². The molecular weight excluding hydrogens is 330 g/mol. The second-order valence-corrected chi connectivity index (χ2v) is 7.79. The molecule has 1 saturated heterocycles. The number of anilines is 1. The lowest BCUT2D eigenvalue weighted by atomic mass is 9.84. The summed E-state index contributed by atoms with van der Waals surface area (Å²) in [6.45, 7) is 3.08. The van der Waals surface area contributed by atoms with Crippen molar-refractivity contribution in [1.82, 2.24) is 4.90 Å². The molecule has 26 heavy (non-hydrogen) atoms. The third kappa shape index (κ3) is 2.96. The number of piperazine rings is 1. The van der Waals surface area contributed by atoms with E-state index in [1.165, 1.54) is 20.0 Å². The number of nitrogens with two attached hydrogens (primary N) is 1. The zero-order valence-electron chi connectivity index (χ0n) is 15.3. The predicted octanol–water partition coefficient (Wildman–Crippen LogP) is 1.50. The van der Waals surface area contributed by atoms with Crippen molar-refractivity contribution in [2.45, 2.75) is 25.3 Å². The molecule has 6 heteroatoms. The Hall–Kier alpha value is -2.08. The number of carbonyl (C=O) groups is 2. The van der Waals surface area contributed by atoms with Gasteiger partial charge in [0.15, 0.2) is 0 Å². The van der Waals surface area contributed by atoms with E-state index in [0.717, 1.165) is 38.3 Å². The number of fused-ring (bicyclic) bond motifs is 2. The SMILES string of the molecule is COC(=O)c1ccc(N2CCN(C(=O)[C@@H]3[C@@H]4CC[C@@H](C4)[C@@H]3N)CC2)cc1. The molecule has 0 radical (unpaired) electrons. The molecule has 4 atom stereocenters. The Kier molecular flexibility index (Phi) is 4.61. The van der Waals surface area contributed by atoms with Crippen LogP contribution in [0.4, 0.5) is 5.69 Å². The first-order valence-corrected chi connectivity index (χ1v) is 9.56. The summed E-state index contributed by atoms with van der Waals surface area (Å²) in [6.07, 6.45) is 3.51. The highest BCUT2D eigenvalue weighted by Gasteiger charge is 2.50. The number of rotatable bonds is 3. The average molecular weight is 357 g/mol. The average Bonchev–Trinajstić information content (AvgIpc) is 3.28. The number of nitrogens with zero attached hydrogens (tertiary/aromatic N) is 2. The molecule has 1 aliphatic heterocycles. The Morgan fingerprint density at radius 3 is 2.27 bits per heavy atom. The van der Waals surface area contributed by atoms with Gasteiger partial charge in [0.05, 0.1) is 18.6 Å². The van der Waals surface area contributed by atoms with Crippen LogP contribution in [0, 0.1) is 17.8 Å². The van der Waals surface area contributed by atoms with Crippen molar-refractivity contribution in [3.8, 4) is 0 Å². The summed E-state index contributed by atoms with van der Waals surface area (Å²) in [6, 6.07) is 7.51. The number of methoxy groups -OCH3 is 1. The third-order valence-corrected chi connectivity index (χ3v) is 6.51. The van der Waals surface area contributed by atoms with Gasteiger partial charge in [0.25, 0.3) is 0 Å². The first-order chi connectivity index (χ1) is 12.6. The minimum Gasteiger partial charge on any atom is -0.465 e. The lowest BCUT2D eigenvalue weighted by Crippen LogP contribution is -2.54. The number of amides is 1. The first kappa shape index (κ1) is 17.3. The van der Waals surface area contributed by atoms with Gasteiger partial charge < -0.3 is 20.3 Å². The molecule has 6 nitrogen and oxygen atoms in total. The van der Waals surface area contributed by atoms with Crippen molar-refractivity contribution >= 4 is 17.6 Å². The molecule has 1 aromatic carbocycles. The van der Waals surface area contributed by atoms with Crippen molar-refractivity contribution in [1.29, 1.82) is 0 Å². The molecule has 0 unspecified atom stereocenters. The summed E-state index contributed by atoms with van der Waals surface area (Å²) in [5.74, 6) is 1.05. The number of hydrogen-bond acceptors (Lipinski definition) is 5. The smallest absolute Gasteiger partial charge is 0.337 e. The molecule has 140 valence electrons. The van der Waals surface area contributed by atoms with E-state index < -0.39 is 0 Å². The Bertz CT molecular complexity index is 680. The fraction of sp³-hybridized carbons (Fsp3) is 0.600. The number of benzene rings is 1. The highest BCUT2D eigenvalue weighted by atomic mass is 16.5. The minimum absolute atomic E-state index is 0.0413. The number of ether oxygens (including phenoxy) is 1. The van der Waals surface area contributed by atoms with Gasteiger partial charge in [0.1, 0.15) is 0 Å². The standard InChI is InChI=1S/C20H27N3O3/c1-26-20(25)13-4-6-16(7-5-13)22-8-10-23(11-9-22)19(24)17-14-2-3-15(12-14)18(17)21/h4-7,14-15,17-18H,2-3,8-12,21H2,1H3/t14-,15+,17-,18+/m1/s1. The second kappa shape index (κ2) is 6.91. The van der Waals surface area contributed by atoms with E-state index in [0.29, 0.717) is 17.4 Å². The van der Waals surface area contributed by atoms with E-state index in [1.807, 2.05) is 17.0 Å². The van der Waals surface area contributed by atoms with Gasteiger partial charge in [0, 0.05) is 37.9 Å². The second-order valence-electron chi connectivity index (χ2n) is 7.79. The highest BCUT2D eigenvalue weighted by molar-refractivity contribution is 5.89. The third-order valence-electron chi connectivity index (χ3n) is 6.51. The summed E-state index contributed by atoms with van der Waals surface area (Å²) < 4.78 is 4.73. The molecule has 2 saturated carbocycles. The zero-order chi connectivity index (χ0) is 18.3. The molecule has 0 spiro atoms. The highest BCUT2D eigenvalue weighted by Crippen LogP contribution is 2.48. The molecule has 3 fully saturated rings. The molecule has 0 aromatic heterocycles. The van der Waals surface area contributed by atoms with Crippen molar-refractivity contribution in [2.75, 3.05) is 38.2 Å². The van der Waals surface area contributed by atoms with Gasteiger partial charge in [-0.25, -0.2) is 4.79 Å². The van der Waals surface area contributed by atoms with Gasteiger partial charge in [-0.1, -0.05) is 0 Å². The van der Waals surface area contributed by atoms with Crippen LogP contribution in [-0.4, -0.2) is 56.1 Å². The summed E-state index contributed by atoms with van der Waals surface area (Å²) in [7, 11) is 1.38. The maximum Gasteiger partial charge on any atom is 0.337 e. The van der Waals surface area contributed by atoms with E-state index in [9.17, 15) is 9.59 Å². The zero-order valence-corrected chi connectivity index (χ0v) is 15.3. The van der Waals surface area contributed by atoms with E-state index in [1.54, 1.807) is 12.1 Å². The van der Waals surface area contributed by atoms with E-state index in [4.69, 9.17) is 10.5 Å². The van der Waals surface area contributed by atoms with Gasteiger partial charge in [0.2, 0.25) is 5.91 Å². The van der Waals surface area contributed by atoms with Crippen molar-refractivity contribution in [3.05, 3.63) is 29.8 Å². The first-order valence-electron chi connectivity index (χ1n) is 9.56. The van der Waals surface area contributed by atoms with Crippen LogP contribution >= 0.6 is 0 Å². The van der Waals surface area contributed by atoms with Crippen molar-refractivity contribution < 1.29 is 14.3 Å². The van der Waals surface area contributed by atoms with Gasteiger partial charge >= 0.3 is 5.97 Å². The summed E-state index contributed by atoms with van der Waals surface area (Å²) >= 11 is 0. The quantitative estimate of drug-likeness (QED) is 0.830. The van der Waals surface area contributed by atoms with E-state index in [-0.39, 0.29) is 23.8 Å². The predicted molar refractivity (Wildman–Crippen MR) is 98.9 cm³/mol. The summed E-state index contributed by atoms with van der Waals surface area (Å²) in [4.78, 5) is 28.8. The van der Waals surface area contributed by atoms with Gasteiger partial charge in [-0.2, -0.15) is 0 Å². The molecule has 1 heterocycles. The number of carbonyl (C=O) groups excluding carboxylic acids is 2. The molecule has 1 aromatic rings. The van der Waals surface area contributed by atoms with Crippen LogP contribution in [0.5, 0.6) is 0 Å². The monoisotopic (exact) mass is 357 g/mol. The lowest BCUT2D eigenvalue weighted by Gasteiger charge is -2.39. The fourth-order valence-electron chi connectivity index (χ4n) is 5.02. The molecule has 3 aliphatic rings. The topological polar surface area (TPSA) is 75.9 Å². The van der Waals surface area contributed by atoms with Crippen LogP contribution in [0.15, 0.2) is 24.3 Å². The molecular formula is C20H27N3O3. The maximum atomic E-state index is 13.0. The van der Waals surface area contributed by atoms with Crippen LogP contribution in [0.25, 0.3) is 0 Å². The van der Waals surface area contributed by atoms with Crippen LogP contribution in [-0.2, 0) is 9.53 Å². The number of esters is 1. The summed E-state index contributed by atoms with van der Waals surface area (Å²) in [5, 5.41) is 0. The Morgan fingerprint density at radius 1 is 1.04 bits per heavy atom. The van der Waals surface area contributed by atoms with Crippen LogP contribution in [0.1, 0.15) is 29.6 Å². The molecule has 2 bridgehead atoms. The van der Waals surface area contributed by atoms with Gasteiger partial charge in [-0.3, -0.25) is 4.79 Å². The van der Waals surface area contributed by atoms with Crippen LogP contribution in [0.2, 0.25) is 0 Å². The normalized spacial score (nSPS) is 30.5. The lowest BCUT2D eigenvalue weighted by molar-refractivity contribution is -0.138.